The molecule has 1 atom stereocenters. The van der Waals surface area contributed by atoms with Crippen molar-refractivity contribution in [2.45, 2.75) is 12.6 Å². The van der Waals surface area contributed by atoms with Crippen LogP contribution in [-0.4, -0.2) is 26.0 Å². The van der Waals surface area contributed by atoms with Gasteiger partial charge in [0, 0.05) is 12.7 Å². The lowest BCUT2D eigenvalue weighted by molar-refractivity contribution is -0.149. The predicted octanol–water partition coefficient (Wildman–Crippen LogP) is 3.70. The van der Waals surface area contributed by atoms with Crippen LogP contribution in [0.15, 0.2) is 54.6 Å². The minimum atomic E-state index is -4.44. The van der Waals surface area contributed by atoms with Gasteiger partial charge < -0.3 is 9.64 Å². The molecule has 0 aromatic heterocycles. The average molecular weight is 365 g/mol. The number of hydrogen-bond acceptors (Lipinski definition) is 3. The van der Waals surface area contributed by atoms with Crippen molar-refractivity contribution < 1.29 is 27.5 Å². The Kier molecular flexibility index (Phi) is 6.02. The molecule has 2 aromatic carbocycles. The number of ether oxygens (including phenoxy) is 1. The summed E-state index contributed by atoms with van der Waals surface area (Å²) >= 11 is 0. The second kappa shape index (κ2) is 8.03. The van der Waals surface area contributed by atoms with Gasteiger partial charge in [-0.15, -0.1) is 0 Å². The fourth-order valence-electron chi connectivity index (χ4n) is 2.49. The van der Waals surface area contributed by atoms with Crippen molar-refractivity contribution in [2.75, 3.05) is 19.1 Å². The van der Waals surface area contributed by atoms with E-state index in [0.29, 0.717) is 11.3 Å². The molecular weight excluding hydrogens is 347 g/mol. The Hall–Kier alpha value is -2.83. The number of benzene rings is 2. The molecule has 0 bridgehead atoms. The molecule has 1 unspecified atom stereocenters. The van der Waals surface area contributed by atoms with Crippen LogP contribution in [0.1, 0.15) is 11.1 Å². The van der Waals surface area contributed by atoms with Gasteiger partial charge in [-0.05, 0) is 36.2 Å². The maximum absolute atomic E-state index is 12.7. The SMILES string of the molecule is COC(=O)C(Cc1ccc(C(F)(F)F)cc1)C(=O)N(C)c1ccccc1. The van der Waals surface area contributed by atoms with E-state index in [4.69, 9.17) is 4.74 Å². The fourth-order valence-corrected chi connectivity index (χ4v) is 2.49. The summed E-state index contributed by atoms with van der Waals surface area (Å²) in [4.78, 5) is 26.1. The molecule has 0 spiro atoms. The summed E-state index contributed by atoms with van der Waals surface area (Å²) in [7, 11) is 2.69. The van der Waals surface area contributed by atoms with Crippen LogP contribution >= 0.6 is 0 Å². The van der Waals surface area contributed by atoms with Gasteiger partial charge in [-0.25, -0.2) is 0 Å². The zero-order valence-electron chi connectivity index (χ0n) is 14.3. The Morgan fingerprint density at radius 1 is 1.04 bits per heavy atom. The van der Waals surface area contributed by atoms with Gasteiger partial charge in [-0.1, -0.05) is 30.3 Å². The van der Waals surface area contributed by atoms with Gasteiger partial charge in [0.15, 0.2) is 0 Å². The quantitative estimate of drug-likeness (QED) is 0.600. The predicted molar refractivity (Wildman–Crippen MR) is 90.5 cm³/mol. The zero-order valence-corrected chi connectivity index (χ0v) is 14.3. The number of carbonyl (C=O) groups excluding carboxylic acids is 2. The first kappa shape index (κ1) is 19.5. The molecule has 0 aliphatic heterocycles. The van der Waals surface area contributed by atoms with Gasteiger partial charge in [-0.2, -0.15) is 13.2 Å². The van der Waals surface area contributed by atoms with Gasteiger partial charge in [-0.3, -0.25) is 9.59 Å². The summed E-state index contributed by atoms with van der Waals surface area (Å²) in [6.07, 6.45) is -4.50. The van der Waals surface area contributed by atoms with E-state index in [9.17, 15) is 22.8 Å². The third-order valence-corrected chi connectivity index (χ3v) is 3.98. The molecule has 4 nitrogen and oxygen atoms in total. The van der Waals surface area contributed by atoms with Gasteiger partial charge in [0.25, 0.3) is 0 Å². The first-order valence-corrected chi connectivity index (χ1v) is 7.80. The summed E-state index contributed by atoms with van der Waals surface area (Å²) in [5, 5.41) is 0. The van der Waals surface area contributed by atoms with Gasteiger partial charge in [0.1, 0.15) is 5.92 Å². The number of para-hydroxylation sites is 1. The van der Waals surface area contributed by atoms with E-state index < -0.39 is 29.5 Å². The Morgan fingerprint density at radius 2 is 1.62 bits per heavy atom. The lowest BCUT2D eigenvalue weighted by atomic mass is 9.97. The first-order valence-electron chi connectivity index (χ1n) is 7.80. The average Bonchev–Trinajstić information content (AvgIpc) is 2.64. The molecule has 0 fully saturated rings. The van der Waals surface area contributed by atoms with E-state index in [-0.39, 0.29) is 6.42 Å². The number of anilines is 1. The number of carbonyl (C=O) groups is 2. The lowest BCUT2D eigenvalue weighted by Gasteiger charge is -2.22. The highest BCUT2D eigenvalue weighted by molar-refractivity contribution is 6.06. The van der Waals surface area contributed by atoms with Crippen molar-refractivity contribution in [3.8, 4) is 0 Å². The van der Waals surface area contributed by atoms with Crippen molar-refractivity contribution in [1.82, 2.24) is 0 Å². The summed E-state index contributed by atoms with van der Waals surface area (Å²) in [5.41, 5.74) is 0.241. The molecule has 0 aliphatic rings. The van der Waals surface area contributed by atoms with Crippen LogP contribution in [0.2, 0.25) is 0 Å². The van der Waals surface area contributed by atoms with E-state index in [1.807, 2.05) is 0 Å². The number of amides is 1. The smallest absolute Gasteiger partial charge is 0.416 e. The molecule has 2 aromatic rings. The van der Waals surface area contributed by atoms with Gasteiger partial charge in [0.05, 0.1) is 12.7 Å². The highest BCUT2D eigenvalue weighted by Crippen LogP contribution is 2.29. The molecule has 0 heterocycles. The molecule has 1 amide bonds. The minimum Gasteiger partial charge on any atom is -0.468 e. The molecule has 7 heteroatoms. The number of esters is 1. The lowest BCUT2D eigenvalue weighted by Crippen LogP contribution is -2.38. The van der Waals surface area contributed by atoms with Crippen LogP contribution in [0, 0.1) is 5.92 Å². The molecule has 0 saturated heterocycles. The van der Waals surface area contributed by atoms with Crippen LogP contribution in [0.25, 0.3) is 0 Å². The second-order valence-corrected chi connectivity index (χ2v) is 5.71. The second-order valence-electron chi connectivity index (χ2n) is 5.71. The fraction of sp³-hybridized carbons (Fsp3) is 0.263. The summed E-state index contributed by atoms with van der Waals surface area (Å²) in [6, 6.07) is 13.1. The third-order valence-electron chi connectivity index (χ3n) is 3.98. The number of halogens is 3. The number of rotatable bonds is 5. The maximum Gasteiger partial charge on any atom is 0.416 e. The van der Waals surface area contributed by atoms with E-state index in [1.165, 1.54) is 24.1 Å². The summed E-state index contributed by atoms with van der Waals surface area (Å²) < 4.78 is 42.7. The van der Waals surface area contributed by atoms with E-state index in [1.54, 1.807) is 30.3 Å². The molecule has 26 heavy (non-hydrogen) atoms. The highest BCUT2D eigenvalue weighted by atomic mass is 19.4. The van der Waals surface area contributed by atoms with Gasteiger partial charge >= 0.3 is 12.1 Å². The number of nitrogens with zero attached hydrogens (tertiary/aromatic N) is 1. The Morgan fingerprint density at radius 3 is 2.12 bits per heavy atom. The minimum absolute atomic E-state index is 0.0547. The largest absolute Gasteiger partial charge is 0.468 e. The van der Waals surface area contributed by atoms with Crippen molar-refractivity contribution >= 4 is 17.6 Å². The van der Waals surface area contributed by atoms with Crippen LogP contribution in [0.5, 0.6) is 0 Å². The Bertz CT molecular complexity index is 758. The van der Waals surface area contributed by atoms with Crippen molar-refractivity contribution in [3.05, 3.63) is 65.7 Å². The normalized spacial score (nSPS) is 12.3. The zero-order chi connectivity index (χ0) is 19.3. The topological polar surface area (TPSA) is 46.6 Å². The molecular formula is C19H18F3NO3. The number of hydrogen-bond donors (Lipinski definition) is 0. The van der Waals surface area contributed by atoms with E-state index >= 15 is 0 Å². The highest BCUT2D eigenvalue weighted by Gasteiger charge is 2.32. The molecule has 138 valence electrons. The summed E-state index contributed by atoms with van der Waals surface area (Å²) in [6.45, 7) is 0. The van der Waals surface area contributed by atoms with E-state index in [2.05, 4.69) is 0 Å². The summed E-state index contributed by atoms with van der Waals surface area (Å²) in [5.74, 6) is -2.39. The van der Waals surface area contributed by atoms with Crippen molar-refractivity contribution in [1.29, 1.82) is 0 Å². The Labute approximate surface area is 149 Å². The van der Waals surface area contributed by atoms with Gasteiger partial charge in [0.2, 0.25) is 5.91 Å². The maximum atomic E-state index is 12.7. The van der Waals surface area contributed by atoms with Crippen molar-refractivity contribution in [2.24, 2.45) is 5.92 Å². The van der Waals surface area contributed by atoms with E-state index in [0.717, 1.165) is 19.2 Å². The van der Waals surface area contributed by atoms with Crippen LogP contribution in [0.4, 0.5) is 18.9 Å². The van der Waals surface area contributed by atoms with Crippen LogP contribution in [0.3, 0.4) is 0 Å². The van der Waals surface area contributed by atoms with Crippen molar-refractivity contribution in [3.63, 3.8) is 0 Å². The standard InChI is InChI=1S/C19H18F3NO3/c1-23(15-6-4-3-5-7-15)17(24)16(18(25)26-2)12-13-8-10-14(11-9-13)19(20,21)22/h3-11,16H,12H2,1-2H3. The molecule has 2 rings (SSSR count). The number of alkyl halides is 3. The van der Waals surface area contributed by atoms with Crippen LogP contribution < -0.4 is 4.90 Å². The molecule has 0 N–H and O–H groups in total. The monoisotopic (exact) mass is 365 g/mol. The first-order chi connectivity index (χ1) is 12.2. The molecule has 0 radical (unpaired) electrons. The van der Waals surface area contributed by atoms with Crippen LogP contribution in [-0.2, 0) is 26.9 Å². The molecule has 0 saturated carbocycles. The number of methoxy groups -OCH3 is 1. The third kappa shape index (κ3) is 4.62. The molecule has 0 aliphatic carbocycles. The Balaban J connectivity index is 2.22.